The summed E-state index contributed by atoms with van der Waals surface area (Å²) in [5.74, 6) is 0.264. The molecule has 1 amide bonds. The highest BCUT2D eigenvalue weighted by atomic mass is 16.6. The molecule has 3 rings (SSSR count). The number of carbonyl (C=O) groups excluding carboxylic acids is 1. The molecule has 8 nitrogen and oxygen atoms in total. The highest BCUT2D eigenvalue weighted by Crippen LogP contribution is 2.14. The third-order valence-corrected chi connectivity index (χ3v) is 3.07. The minimum atomic E-state index is -0.523. The molecule has 2 heterocycles. The van der Waals surface area contributed by atoms with Gasteiger partial charge in [0.1, 0.15) is 18.2 Å². The smallest absolute Gasteiger partial charge is 0.307 e. The highest BCUT2D eigenvalue weighted by molar-refractivity contribution is 6.02. The molecular formula is C15H12N4O4. The van der Waals surface area contributed by atoms with E-state index in [1.54, 1.807) is 24.3 Å². The lowest BCUT2D eigenvalue weighted by molar-refractivity contribution is -0.385. The molecule has 3 aromatic rings. The van der Waals surface area contributed by atoms with Gasteiger partial charge >= 0.3 is 5.69 Å². The van der Waals surface area contributed by atoms with Crippen molar-refractivity contribution in [2.45, 2.75) is 6.54 Å². The van der Waals surface area contributed by atoms with E-state index in [-0.39, 0.29) is 23.9 Å². The molecule has 0 aliphatic heterocycles. The fourth-order valence-corrected chi connectivity index (χ4v) is 1.99. The molecule has 2 aromatic heterocycles. The van der Waals surface area contributed by atoms with Gasteiger partial charge in [0.2, 0.25) is 0 Å². The maximum absolute atomic E-state index is 12.1. The number of carbonyl (C=O) groups is 1. The van der Waals surface area contributed by atoms with E-state index in [1.165, 1.54) is 10.9 Å². The van der Waals surface area contributed by atoms with Crippen LogP contribution in [0, 0.1) is 10.1 Å². The standard InChI is InChI=1S/C15H12N4O4/c20-15(17-11-4-2-1-3-5-11)14-7-6-13(23-14)10-18-9-12(8-16-18)19(21)22/h1-9H,10H2,(H,17,20). The van der Waals surface area contributed by atoms with Crippen LogP contribution in [0.4, 0.5) is 11.4 Å². The summed E-state index contributed by atoms with van der Waals surface area (Å²) in [6.45, 7) is 0.201. The van der Waals surface area contributed by atoms with Gasteiger partial charge in [0.05, 0.1) is 11.5 Å². The molecule has 116 valence electrons. The molecule has 1 aromatic carbocycles. The molecule has 0 bridgehead atoms. The number of nitrogens with one attached hydrogen (secondary N) is 1. The normalized spacial score (nSPS) is 10.4. The number of nitrogens with zero attached hydrogens (tertiary/aromatic N) is 3. The van der Waals surface area contributed by atoms with Gasteiger partial charge < -0.3 is 9.73 Å². The van der Waals surface area contributed by atoms with Gasteiger partial charge in [0.25, 0.3) is 5.91 Å². The summed E-state index contributed by atoms with van der Waals surface area (Å²) in [6, 6.07) is 12.2. The maximum Gasteiger partial charge on any atom is 0.307 e. The van der Waals surface area contributed by atoms with Crippen LogP contribution in [0.15, 0.2) is 59.3 Å². The molecule has 0 spiro atoms. The number of nitro groups is 1. The molecule has 0 radical (unpaired) electrons. The minimum absolute atomic E-state index is 0.0985. The van der Waals surface area contributed by atoms with Crippen molar-refractivity contribution in [2.75, 3.05) is 5.32 Å². The molecule has 0 saturated carbocycles. The van der Waals surface area contributed by atoms with Crippen LogP contribution in [0.2, 0.25) is 0 Å². The summed E-state index contributed by atoms with van der Waals surface area (Å²) in [7, 11) is 0. The van der Waals surface area contributed by atoms with Crippen LogP contribution in [0.3, 0.4) is 0 Å². The van der Waals surface area contributed by atoms with Gasteiger partial charge in [0.15, 0.2) is 5.76 Å². The van der Waals surface area contributed by atoms with Crippen molar-refractivity contribution in [3.63, 3.8) is 0 Å². The van der Waals surface area contributed by atoms with E-state index in [4.69, 9.17) is 4.42 Å². The number of amides is 1. The van der Waals surface area contributed by atoms with E-state index in [1.807, 2.05) is 18.2 Å². The Kier molecular flexibility index (Phi) is 3.88. The van der Waals surface area contributed by atoms with Crippen LogP contribution in [-0.4, -0.2) is 20.6 Å². The summed E-state index contributed by atoms with van der Waals surface area (Å²) in [4.78, 5) is 22.1. The van der Waals surface area contributed by atoms with Gasteiger partial charge in [-0.1, -0.05) is 18.2 Å². The first-order chi connectivity index (χ1) is 11.1. The summed E-state index contributed by atoms with van der Waals surface area (Å²) in [5, 5.41) is 17.2. The molecule has 0 aliphatic rings. The Morgan fingerprint density at radius 1 is 1.26 bits per heavy atom. The first-order valence-electron chi connectivity index (χ1n) is 6.74. The molecular weight excluding hydrogens is 300 g/mol. The van der Waals surface area contributed by atoms with Gasteiger partial charge in [-0.15, -0.1) is 0 Å². The fourth-order valence-electron chi connectivity index (χ4n) is 1.99. The molecule has 8 heteroatoms. The van der Waals surface area contributed by atoms with Gasteiger partial charge in [0, 0.05) is 5.69 Å². The zero-order valence-electron chi connectivity index (χ0n) is 11.9. The van der Waals surface area contributed by atoms with Crippen molar-refractivity contribution >= 4 is 17.3 Å². The first-order valence-corrected chi connectivity index (χ1v) is 6.74. The number of rotatable bonds is 5. The largest absolute Gasteiger partial charge is 0.454 e. The number of furan rings is 1. The summed E-state index contributed by atoms with van der Waals surface area (Å²) in [6.07, 6.45) is 2.46. The highest BCUT2D eigenvalue weighted by Gasteiger charge is 2.13. The summed E-state index contributed by atoms with van der Waals surface area (Å²) < 4.78 is 6.82. The van der Waals surface area contributed by atoms with E-state index in [9.17, 15) is 14.9 Å². The summed E-state index contributed by atoms with van der Waals surface area (Å²) in [5.41, 5.74) is 0.566. The zero-order valence-corrected chi connectivity index (χ0v) is 11.9. The van der Waals surface area contributed by atoms with E-state index < -0.39 is 4.92 Å². The van der Waals surface area contributed by atoms with Crippen molar-refractivity contribution in [3.8, 4) is 0 Å². The lowest BCUT2D eigenvalue weighted by Gasteiger charge is -2.02. The van der Waals surface area contributed by atoms with Crippen LogP contribution in [0.5, 0.6) is 0 Å². The lowest BCUT2D eigenvalue weighted by Crippen LogP contribution is -2.10. The Labute approximate surface area is 130 Å². The van der Waals surface area contributed by atoms with Gasteiger partial charge in [-0.3, -0.25) is 19.6 Å². The van der Waals surface area contributed by atoms with E-state index in [0.29, 0.717) is 11.4 Å². The second-order valence-corrected chi connectivity index (χ2v) is 4.74. The van der Waals surface area contributed by atoms with Crippen molar-refractivity contribution in [1.29, 1.82) is 0 Å². The Balaban J connectivity index is 1.67. The second kappa shape index (κ2) is 6.14. The van der Waals surface area contributed by atoms with Crippen LogP contribution in [-0.2, 0) is 6.54 Å². The lowest BCUT2D eigenvalue weighted by atomic mass is 10.3. The van der Waals surface area contributed by atoms with E-state index in [0.717, 1.165) is 6.20 Å². The van der Waals surface area contributed by atoms with Gasteiger partial charge in [-0.25, -0.2) is 0 Å². The predicted octanol–water partition coefficient (Wildman–Crippen LogP) is 2.68. The number of aromatic nitrogens is 2. The van der Waals surface area contributed by atoms with Crippen LogP contribution < -0.4 is 5.32 Å². The Morgan fingerprint density at radius 3 is 2.74 bits per heavy atom. The minimum Gasteiger partial charge on any atom is -0.454 e. The number of para-hydroxylation sites is 1. The predicted molar refractivity (Wildman–Crippen MR) is 81.1 cm³/mol. The average Bonchev–Trinajstić information content (AvgIpc) is 3.18. The molecule has 0 atom stereocenters. The third kappa shape index (κ3) is 3.43. The first kappa shape index (κ1) is 14.5. The average molecular weight is 312 g/mol. The van der Waals surface area contributed by atoms with E-state index in [2.05, 4.69) is 10.4 Å². The molecule has 23 heavy (non-hydrogen) atoms. The zero-order chi connectivity index (χ0) is 16.2. The quantitative estimate of drug-likeness (QED) is 0.576. The van der Waals surface area contributed by atoms with Crippen LogP contribution in [0.25, 0.3) is 0 Å². The third-order valence-electron chi connectivity index (χ3n) is 3.07. The summed E-state index contributed by atoms with van der Waals surface area (Å²) >= 11 is 0. The van der Waals surface area contributed by atoms with Crippen molar-refractivity contribution < 1.29 is 14.1 Å². The fraction of sp³-hybridized carbons (Fsp3) is 0.0667. The number of benzene rings is 1. The number of anilines is 1. The Hall–Kier alpha value is -3.42. The topological polar surface area (TPSA) is 103 Å². The van der Waals surface area contributed by atoms with E-state index >= 15 is 0 Å². The monoisotopic (exact) mass is 312 g/mol. The molecule has 0 saturated heterocycles. The van der Waals surface area contributed by atoms with Crippen molar-refractivity contribution in [1.82, 2.24) is 9.78 Å². The second-order valence-electron chi connectivity index (χ2n) is 4.74. The molecule has 0 aliphatic carbocycles. The number of hydrogen-bond acceptors (Lipinski definition) is 5. The number of hydrogen-bond donors (Lipinski definition) is 1. The Morgan fingerprint density at radius 2 is 2.04 bits per heavy atom. The molecule has 0 fully saturated rings. The molecule has 1 N–H and O–H groups in total. The van der Waals surface area contributed by atoms with Gasteiger partial charge in [-0.2, -0.15) is 5.10 Å². The van der Waals surface area contributed by atoms with Crippen molar-refractivity contribution in [2.24, 2.45) is 0 Å². The Bertz CT molecular complexity index is 838. The maximum atomic E-state index is 12.1. The van der Waals surface area contributed by atoms with Crippen LogP contribution >= 0.6 is 0 Å². The SMILES string of the molecule is O=C(Nc1ccccc1)c1ccc(Cn2cc([N+](=O)[O-])cn2)o1. The molecule has 0 unspecified atom stereocenters. The van der Waals surface area contributed by atoms with Crippen molar-refractivity contribution in [3.05, 3.63) is 76.5 Å². The van der Waals surface area contributed by atoms with Crippen LogP contribution in [0.1, 0.15) is 16.3 Å². The van der Waals surface area contributed by atoms with Gasteiger partial charge in [-0.05, 0) is 24.3 Å².